The number of carbonyl (C=O) groups is 2. The molecule has 0 aromatic rings. The molecular formula is C40H76NO8P. The monoisotopic (exact) mass is 730 g/mol. The molecule has 0 aliphatic heterocycles. The minimum absolute atomic E-state index is 0.0182. The van der Waals surface area contributed by atoms with Gasteiger partial charge in [-0.3, -0.25) is 18.6 Å². The molecule has 0 aromatic heterocycles. The number of allylic oxidation sites excluding steroid dienone is 4. The number of hydrogen-bond acceptors (Lipinski definition) is 8. The van der Waals surface area contributed by atoms with Gasteiger partial charge in [0.1, 0.15) is 6.61 Å². The molecule has 0 saturated carbocycles. The second-order valence-electron chi connectivity index (χ2n) is 13.5. The van der Waals surface area contributed by atoms with Gasteiger partial charge in [-0.1, -0.05) is 147 Å². The molecule has 0 aliphatic rings. The molecule has 0 radical (unpaired) electrons. The zero-order valence-electron chi connectivity index (χ0n) is 32.4. The highest BCUT2D eigenvalue weighted by molar-refractivity contribution is 7.47. The van der Waals surface area contributed by atoms with Crippen LogP contribution in [0.15, 0.2) is 24.3 Å². The van der Waals surface area contributed by atoms with Crippen LogP contribution in [0.2, 0.25) is 0 Å². The van der Waals surface area contributed by atoms with Crippen molar-refractivity contribution in [1.29, 1.82) is 0 Å². The third kappa shape index (κ3) is 36.3. The Bertz CT molecular complexity index is 881. The van der Waals surface area contributed by atoms with Crippen LogP contribution in [-0.4, -0.2) is 56.3 Å². The Morgan fingerprint density at radius 1 is 0.620 bits per heavy atom. The fourth-order valence-electron chi connectivity index (χ4n) is 5.46. The van der Waals surface area contributed by atoms with Crippen LogP contribution in [0.5, 0.6) is 0 Å². The summed E-state index contributed by atoms with van der Waals surface area (Å²) in [5.41, 5.74) is 0. The molecule has 50 heavy (non-hydrogen) atoms. The minimum Gasteiger partial charge on any atom is -0.462 e. The number of phosphoric ester groups is 1. The standard InChI is InChI=1S/C40H76NO8P/c1-4-6-8-10-12-14-16-18-19-21-23-25-27-29-31-33-40(43)49-38(37-48-50(44,45)47-35-34-41-3)36-46-39(42)32-30-28-26-24-22-20-17-15-13-11-9-7-5-2/h12,14,18-19,38,41H,4-11,13,15-17,20-37H2,1-3H3,(H,44,45)/b14-12-,19-18-. The lowest BCUT2D eigenvalue weighted by molar-refractivity contribution is -0.161. The van der Waals surface area contributed by atoms with Crippen molar-refractivity contribution in [3.63, 3.8) is 0 Å². The van der Waals surface area contributed by atoms with E-state index >= 15 is 0 Å². The van der Waals surface area contributed by atoms with Gasteiger partial charge < -0.3 is 19.7 Å². The Labute approximate surface area is 306 Å². The molecule has 0 fully saturated rings. The van der Waals surface area contributed by atoms with Crippen molar-refractivity contribution in [2.24, 2.45) is 0 Å². The number of nitrogens with one attached hydrogen (secondary N) is 1. The molecule has 10 heteroatoms. The quantitative estimate of drug-likeness (QED) is 0.0277. The molecule has 0 spiro atoms. The van der Waals surface area contributed by atoms with Crippen molar-refractivity contribution in [2.75, 3.05) is 33.4 Å². The molecule has 9 nitrogen and oxygen atoms in total. The zero-order valence-corrected chi connectivity index (χ0v) is 33.2. The van der Waals surface area contributed by atoms with Crippen LogP contribution in [0.4, 0.5) is 0 Å². The van der Waals surface area contributed by atoms with Gasteiger partial charge >= 0.3 is 19.8 Å². The maximum Gasteiger partial charge on any atom is 0.472 e. The highest BCUT2D eigenvalue weighted by Gasteiger charge is 2.26. The van der Waals surface area contributed by atoms with E-state index in [1.165, 1.54) is 89.9 Å². The van der Waals surface area contributed by atoms with E-state index < -0.39 is 26.5 Å². The highest BCUT2D eigenvalue weighted by atomic mass is 31.2. The zero-order chi connectivity index (χ0) is 36.8. The van der Waals surface area contributed by atoms with Gasteiger partial charge in [0, 0.05) is 19.4 Å². The largest absolute Gasteiger partial charge is 0.472 e. The van der Waals surface area contributed by atoms with Crippen LogP contribution in [0.25, 0.3) is 0 Å². The van der Waals surface area contributed by atoms with Crippen molar-refractivity contribution in [2.45, 2.75) is 187 Å². The Hall–Kier alpha value is -1.51. The normalized spacial score (nSPS) is 13.6. The first-order valence-electron chi connectivity index (χ1n) is 20.3. The number of carbonyl (C=O) groups excluding carboxylic acids is 2. The summed E-state index contributed by atoms with van der Waals surface area (Å²) in [6, 6.07) is 0. The lowest BCUT2D eigenvalue weighted by Gasteiger charge is -2.20. The predicted octanol–water partition coefficient (Wildman–Crippen LogP) is 11.1. The summed E-state index contributed by atoms with van der Waals surface area (Å²) in [4.78, 5) is 34.9. The van der Waals surface area contributed by atoms with Gasteiger partial charge in [-0.25, -0.2) is 4.57 Å². The number of unbranched alkanes of at least 4 members (excludes halogenated alkanes) is 20. The van der Waals surface area contributed by atoms with Gasteiger partial charge in [0.15, 0.2) is 6.10 Å². The van der Waals surface area contributed by atoms with Gasteiger partial charge in [-0.2, -0.15) is 0 Å². The molecule has 0 aliphatic carbocycles. The van der Waals surface area contributed by atoms with Crippen LogP contribution < -0.4 is 5.32 Å². The molecule has 294 valence electrons. The highest BCUT2D eigenvalue weighted by Crippen LogP contribution is 2.43. The van der Waals surface area contributed by atoms with E-state index in [9.17, 15) is 19.0 Å². The topological polar surface area (TPSA) is 120 Å². The number of hydrogen-bond donors (Lipinski definition) is 2. The van der Waals surface area contributed by atoms with Crippen LogP contribution in [0.1, 0.15) is 181 Å². The molecular weight excluding hydrogens is 653 g/mol. The Morgan fingerprint density at radius 3 is 1.62 bits per heavy atom. The smallest absolute Gasteiger partial charge is 0.462 e. The van der Waals surface area contributed by atoms with E-state index in [0.29, 0.717) is 13.0 Å². The maximum absolute atomic E-state index is 12.6. The Morgan fingerprint density at radius 2 is 1.08 bits per heavy atom. The lowest BCUT2D eigenvalue weighted by Crippen LogP contribution is -2.29. The van der Waals surface area contributed by atoms with Gasteiger partial charge in [0.25, 0.3) is 0 Å². The van der Waals surface area contributed by atoms with Crippen molar-refractivity contribution >= 4 is 19.8 Å². The first-order valence-corrected chi connectivity index (χ1v) is 21.8. The van der Waals surface area contributed by atoms with Crippen LogP contribution in [0, 0.1) is 0 Å². The van der Waals surface area contributed by atoms with Crippen LogP contribution in [-0.2, 0) is 32.7 Å². The molecule has 0 saturated heterocycles. The minimum atomic E-state index is -4.34. The number of ether oxygens (including phenoxy) is 2. The van der Waals surface area contributed by atoms with Crippen molar-refractivity contribution in [3.05, 3.63) is 24.3 Å². The SMILES string of the molecule is CCCCC/C=C\C/C=C\CCCCCCCC(=O)OC(COC(=O)CCCCCCCCCCCCCCC)COP(=O)(O)OCCNC. The van der Waals surface area contributed by atoms with E-state index in [1.807, 2.05) is 0 Å². The molecule has 0 amide bonds. The third-order valence-electron chi connectivity index (χ3n) is 8.57. The second-order valence-corrected chi connectivity index (χ2v) is 14.9. The summed E-state index contributed by atoms with van der Waals surface area (Å²) in [6.07, 6.45) is 36.4. The summed E-state index contributed by atoms with van der Waals surface area (Å²) >= 11 is 0. The summed E-state index contributed by atoms with van der Waals surface area (Å²) in [6.45, 7) is 4.18. The van der Waals surface area contributed by atoms with E-state index in [1.54, 1.807) is 7.05 Å². The van der Waals surface area contributed by atoms with Crippen LogP contribution >= 0.6 is 7.82 Å². The molecule has 2 atom stereocenters. The van der Waals surface area contributed by atoms with Gasteiger partial charge in [0.05, 0.1) is 13.2 Å². The van der Waals surface area contributed by atoms with Gasteiger partial charge in [0.2, 0.25) is 0 Å². The molecule has 0 rings (SSSR count). The first kappa shape index (κ1) is 48.5. The summed E-state index contributed by atoms with van der Waals surface area (Å²) in [7, 11) is -2.65. The summed E-state index contributed by atoms with van der Waals surface area (Å²) in [5, 5.41) is 2.82. The average Bonchev–Trinajstić information content (AvgIpc) is 3.09. The fourth-order valence-corrected chi connectivity index (χ4v) is 6.22. The third-order valence-corrected chi connectivity index (χ3v) is 9.56. The van der Waals surface area contributed by atoms with Crippen LogP contribution in [0.3, 0.4) is 0 Å². The number of rotatable bonds is 38. The molecule has 0 heterocycles. The average molecular weight is 730 g/mol. The predicted molar refractivity (Wildman–Crippen MR) is 206 cm³/mol. The Balaban J connectivity index is 4.28. The number of esters is 2. The van der Waals surface area contributed by atoms with Crippen molar-refractivity contribution < 1.29 is 37.6 Å². The van der Waals surface area contributed by atoms with E-state index in [-0.39, 0.29) is 32.0 Å². The van der Waals surface area contributed by atoms with Gasteiger partial charge in [-0.05, 0) is 52.0 Å². The van der Waals surface area contributed by atoms with E-state index in [4.69, 9.17) is 18.5 Å². The Kier molecular flexibility index (Phi) is 36.1. The lowest BCUT2D eigenvalue weighted by atomic mass is 10.0. The maximum atomic E-state index is 12.6. The van der Waals surface area contributed by atoms with E-state index in [0.717, 1.165) is 57.8 Å². The van der Waals surface area contributed by atoms with Crippen molar-refractivity contribution in [3.8, 4) is 0 Å². The second kappa shape index (κ2) is 37.3. The van der Waals surface area contributed by atoms with E-state index in [2.05, 4.69) is 43.5 Å². The fraction of sp³-hybridized carbons (Fsp3) is 0.850. The molecule has 0 bridgehead atoms. The first-order chi connectivity index (χ1) is 24.3. The van der Waals surface area contributed by atoms with Gasteiger partial charge in [-0.15, -0.1) is 0 Å². The summed E-state index contributed by atoms with van der Waals surface area (Å²) < 4.78 is 33.1. The summed E-state index contributed by atoms with van der Waals surface area (Å²) in [5.74, 6) is -0.819. The molecule has 2 unspecified atom stereocenters. The molecule has 0 aromatic carbocycles. The number of likely N-dealkylation sites (N-methyl/N-ethyl adjacent to an activating group) is 1. The molecule has 2 N–H and O–H groups in total. The number of phosphoric acid groups is 1. The van der Waals surface area contributed by atoms with Crippen molar-refractivity contribution in [1.82, 2.24) is 5.32 Å².